The summed E-state index contributed by atoms with van der Waals surface area (Å²) < 4.78 is 2.02. The number of hydrogen-bond donors (Lipinski definition) is 2. The van der Waals surface area contributed by atoms with Crippen LogP contribution in [0, 0.1) is 0 Å². The van der Waals surface area contributed by atoms with Crippen molar-refractivity contribution in [2.24, 2.45) is 0 Å². The second-order valence-corrected chi connectivity index (χ2v) is 6.53. The summed E-state index contributed by atoms with van der Waals surface area (Å²) in [5, 5.41) is 10.4. The minimum absolute atomic E-state index is 0.399. The molecule has 0 atom stereocenters. The van der Waals surface area contributed by atoms with Crippen LogP contribution in [0.2, 0.25) is 0 Å². The van der Waals surface area contributed by atoms with Gasteiger partial charge in [0.2, 0.25) is 0 Å². The molecule has 0 bridgehead atoms. The van der Waals surface area contributed by atoms with Gasteiger partial charge in [0, 0.05) is 20.0 Å². The highest BCUT2D eigenvalue weighted by molar-refractivity contribution is 5.84. The molecule has 23 heavy (non-hydrogen) atoms. The molecule has 0 saturated carbocycles. The van der Waals surface area contributed by atoms with Gasteiger partial charge in [-0.3, -0.25) is 4.40 Å². The zero-order valence-electron chi connectivity index (χ0n) is 14.0. The quantitative estimate of drug-likeness (QED) is 0.772. The molecule has 0 unspecified atom stereocenters. The lowest BCUT2D eigenvalue weighted by Gasteiger charge is -2.21. The van der Waals surface area contributed by atoms with Crippen LogP contribution in [0.4, 0.5) is 11.6 Å². The summed E-state index contributed by atoms with van der Waals surface area (Å²) in [6.45, 7) is 6.48. The Morgan fingerprint density at radius 1 is 1.26 bits per heavy atom. The number of nitrogen functional groups attached to an aromatic ring is 1. The average molecular weight is 313 g/mol. The lowest BCUT2D eigenvalue weighted by atomic mass is 10.0. The zero-order chi connectivity index (χ0) is 16.8. The lowest BCUT2D eigenvalue weighted by Crippen LogP contribution is -2.25. The summed E-state index contributed by atoms with van der Waals surface area (Å²) in [5.74, 6) is 1.23. The lowest BCUT2D eigenvalue weighted by molar-refractivity contribution is 0.0799. The van der Waals surface area contributed by atoms with Crippen LogP contribution in [-0.2, 0) is 6.42 Å². The van der Waals surface area contributed by atoms with E-state index in [1.165, 1.54) is 0 Å². The van der Waals surface area contributed by atoms with E-state index in [4.69, 9.17) is 10.7 Å². The molecule has 2 heterocycles. The molecular weight excluding hydrogens is 290 g/mol. The monoisotopic (exact) mass is 313 g/mol. The van der Waals surface area contributed by atoms with E-state index in [1.54, 1.807) is 13.8 Å². The number of fused-ring (bicyclic) bond motifs is 3. The smallest absolute Gasteiger partial charge is 0.182 e. The molecule has 0 amide bonds. The van der Waals surface area contributed by atoms with Gasteiger partial charge in [-0.05, 0) is 32.9 Å². The number of para-hydroxylation sites is 2. The molecule has 1 aromatic carbocycles. The van der Waals surface area contributed by atoms with E-state index in [2.05, 4.69) is 16.8 Å². The third kappa shape index (κ3) is 2.70. The summed E-state index contributed by atoms with van der Waals surface area (Å²) in [6.07, 6.45) is 0.473. The topological polar surface area (TPSA) is 79.7 Å². The van der Waals surface area contributed by atoms with E-state index in [0.717, 1.165) is 29.1 Å². The van der Waals surface area contributed by atoms with Crippen LogP contribution < -0.4 is 10.6 Å². The summed E-state index contributed by atoms with van der Waals surface area (Å²) >= 11 is 0. The Bertz CT molecular complexity index is 863. The number of nitrogens with zero attached hydrogens (tertiary/aromatic N) is 4. The Labute approximate surface area is 135 Å². The largest absolute Gasteiger partial charge is 0.390 e. The van der Waals surface area contributed by atoms with Crippen molar-refractivity contribution in [3.05, 3.63) is 30.0 Å². The number of anilines is 2. The number of hydrogen-bond acceptors (Lipinski definition) is 5. The van der Waals surface area contributed by atoms with Gasteiger partial charge >= 0.3 is 0 Å². The normalized spacial score (nSPS) is 12.2. The van der Waals surface area contributed by atoms with Crippen LogP contribution in [0.25, 0.3) is 16.7 Å². The number of imidazole rings is 1. The maximum Gasteiger partial charge on any atom is 0.182 e. The van der Waals surface area contributed by atoms with Crippen molar-refractivity contribution in [3.8, 4) is 0 Å². The first-order chi connectivity index (χ1) is 10.8. The Morgan fingerprint density at radius 2 is 1.96 bits per heavy atom. The molecule has 3 rings (SSSR count). The highest BCUT2D eigenvalue weighted by atomic mass is 16.3. The van der Waals surface area contributed by atoms with Gasteiger partial charge in [-0.2, -0.15) is 0 Å². The molecule has 0 aliphatic rings. The van der Waals surface area contributed by atoms with Gasteiger partial charge in [0.05, 0.1) is 22.3 Å². The molecule has 6 heteroatoms. The molecule has 0 aliphatic carbocycles. The third-order valence-corrected chi connectivity index (χ3v) is 3.98. The fraction of sp³-hybridized carbons (Fsp3) is 0.412. The molecule has 0 saturated heterocycles. The van der Waals surface area contributed by atoms with Crippen molar-refractivity contribution < 1.29 is 5.11 Å². The van der Waals surface area contributed by atoms with Crippen molar-refractivity contribution in [3.63, 3.8) is 0 Å². The van der Waals surface area contributed by atoms with Crippen molar-refractivity contribution in [2.45, 2.75) is 32.8 Å². The molecule has 0 radical (unpaired) electrons. The number of aromatic nitrogens is 3. The third-order valence-electron chi connectivity index (χ3n) is 3.98. The number of aliphatic hydroxyl groups is 1. The Hall–Kier alpha value is -2.34. The fourth-order valence-corrected chi connectivity index (χ4v) is 2.82. The fourth-order valence-electron chi connectivity index (χ4n) is 2.82. The van der Waals surface area contributed by atoms with Crippen molar-refractivity contribution in [2.75, 3.05) is 24.2 Å². The summed E-state index contributed by atoms with van der Waals surface area (Å²) in [7, 11) is 1.99. The van der Waals surface area contributed by atoms with Gasteiger partial charge in [-0.1, -0.05) is 12.1 Å². The van der Waals surface area contributed by atoms with Gasteiger partial charge in [-0.25, -0.2) is 9.97 Å². The van der Waals surface area contributed by atoms with Crippen molar-refractivity contribution in [1.29, 1.82) is 0 Å². The molecule has 0 fully saturated rings. The molecule has 6 nitrogen and oxygen atoms in total. The molecule has 0 aliphatic heterocycles. The Balaban J connectivity index is 2.42. The van der Waals surface area contributed by atoms with Crippen LogP contribution in [0.5, 0.6) is 0 Å². The average Bonchev–Trinajstić information content (AvgIpc) is 2.85. The van der Waals surface area contributed by atoms with Crippen LogP contribution in [0.1, 0.15) is 26.5 Å². The minimum Gasteiger partial charge on any atom is -0.390 e. The molecule has 2 aromatic heterocycles. The summed E-state index contributed by atoms with van der Waals surface area (Å²) in [6, 6.07) is 7.84. The summed E-state index contributed by atoms with van der Waals surface area (Å²) in [4.78, 5) is 11.2. The zero-order valence-corrected chi connectivity index (χ0v) is 14.0. The predicted molar refractivity (Wildman–Crippen MR) is 93.9 cm³/mol. The number of rotatable bonds is 4. The maximum atomic E-state index is 10.4. The first-order valence-corrected chi connectivity index (χ1v) is 7.81. The highest BCUT2D eigenvalue weighted by Gasteiger charge is 2.24. The minimum atomic E-state index is -0.849. The van der Waals surface area contributed by atoms with E-state index in [9.17, 15) is 5.11 Å². The van der Waals surface area contributed by atoms with Crippen LogP contribution in [-0.4, -0.2) is 38.7 Å². The van der Waals surface area contributed by atoms with E-state index in [-0.39, 0.29) is 0 Å². The highest BCUT2D eigenvalue weighted by Crippen LogP contribution is 2.30. The van der Waals surface area contributed by atoms with Gasteiger partial charge in [-0.15, -0.1) is 0 Å². The number of benzene rings is 1. The molecular formula is C17H23N5O. The molecule has 3 aromatic rings. The van der Waals surface area contributed by atoms with E-state index in [1.807, 2.05) is 35.7 Å². The van der Waals surface area contributed by atoms with Crippen LogP contribution in [0.15, 0.2) is 24.3 Å². The van der Waals surface area contributed by atoms with Gasteiger partial charge < -0.3 is 15.7 Å². The SMILES string of the molecule is CCN(C)c1nc2c(N)nc3ccccc3n2c1CC(C)(C)O. The van der Waals surface area contributed by atoms with E-state index >= 15 is 0 Å². The summed E-state index contributed by atoms with van der Waals surface area (Å²) in [5.41, 5.74) is 8.63. The molecule has 122 valence electrons. The Morgan fingerprint density at radius 3 is 2.61 bits per heavy atom. The van der Waals surface area contributed by atoms with E-state index in [0.29, 0.717) is 17.9 Å². The van der Waals surface area contributed by atoms with Gasteiger partial charge in [0.15, 0.2) is 17.3 Å². The predicted octanol–water partition coefficient (Wildman–Crippen LogP) is 2.23. The molecule has 3 N–H and O–H groups in total. The second kappa shape index (κ2) is 5.38. The maximum absolute atomic E-state index is 10.4. The second-order valence-electron chi connectivity index (χ2n) is 6.53. The Kier molecular flexibility index (Phi) is 3.64. The number of nitrogens with two attached hydrogens (primary N) is 1. The first-order valence-electron chi connectivity index (χ1n) is 7.81. The van der Waals surface area contributed by atoms with Crippen LogP contribution in [0.3, 0.4) is 0 Å². The van der Waals surface area contributed by atoms with E-state index < -0.39 is 5.60 Å². The van der Waals surface area contributed by atoms with Crippen molar-refractivity contribution >= 4 is 28.3 Å². The molecule has 0 spiro atoms. The standard InChI is InChI=1S/C17H23N5O/c1-5-21(4)15-13(10-17(2,3)23)22-12-9-7-6-8-11(12)19-14(18)16(22)20-15/h6-9,23H,5,10H2,1-4H3,(H2,18,19). The van der Waals surface area contributed by atoms with Gasteiger partial charge in [0.1, 0.15) is 0 Å². The first kappa shape index (κ1) is 15.6. The van der Waals surface area contributed by atoms with Crippen molar-refractivity contribution in [1.82, 2.24) is 14.4 Å². The van der Waals surface area contributed by atoms with Crippen LogP contribution >= 0.6 is 0 Å². The van der Waals surface area contributed by atoms with Gasteiger partial charge in [0.25, 0.3) is 0 Å².